The number of para-hydroxylation sites is 1. The number of hydrogen-bond acceptors (Lipinski definition) is 7. The number of azo groups is 2. The second-order valence-corrected chi connectivity index (χ2v) is 10.6. The lowest BCUT2D eigenvalue weighted by Gasteiger charge is -2.05. The second-order valence-electron chi connectivity index (χ2n) is 9.83. The van der Waals surface area contributed by atoms with E-state index in [1.807, 2.05) is 31.2 Å². The Hall–Kier alpha value is -5.80. The number of thiocarbonyl (C=S) groups is 2. The van der Waals surface area contributed by atoms with Crippen LogP contribution in [-0.2, 0) is 0 Å². The fraction of sp³-hybridized carbons (Fsp3) is 0.0625. The van der Waals surface area contributed by atoms with E-state index in [2.05, 4.69) is 41.1 Å². The van der Waals surface area contributed by atoms with Crippen molar-refractivity contribution < 1.29 is 23.7 Å². The summed E-state index contributed by atoms with van der Waals surface area (Å²) in [7, 11) is 1.57. The molecule has 0 aliphatic heterocycles. The van der Waals surface area contributed by atoms with Gasteiger partial charge in [-0.05, 0) is 91.5 Å². The molecule has 6 aromatic rings. The van der Waals surface area contributed by atoms with Gasteiger partial charge in [0.05, 0.1) is 18.1 Å². The maximum Gasteiger partial charge on any atom is 0.218 e. The van der Waals surface area contributed by atoms with E-state index >= 15 is 0 Å². The van der Waals surface area contributed by atoms with Crippen LogP contribution >= 0.6 is 24.4 Å². The summed E-state index contributed by atoms with van der Waals surface area (Å²) in [5.41, 5.74) is 3.91. The lowest BCUT2D eigenvalue weighted by Crippen LogP contribution is -2.06. The van der Waals surface area contributed by atoms with E-state index in [0.717, 1.165) is 11.3 Å². The number of ether oxygens (including phenoxy) is 1. The van der Waals surface area contributed by atoms with Crippen LogP contribution in [0.5, 0.6) is 17.5 Å². The Bertz CT molecular complexity index is 2160. The van der Waals surface area contributed by atoms with Gasteiger partial charge in [0, 0.05) is 28.2 Å². The van der Waals surface area contributed by atoms with Crippen molar-refractivity contribution in [2.24, 2.45) is 20.5 Å². The van der Waals surface area contributed by atoms with Gasteiger partial charge in [-0.15, -0.1) is 20.5 Å². The molecule has 0 radical (unpaired) electrons. The summed E-state index contributed by atoms with van der Waals surface area (Å²) in [6.07, 6.45) is 0. The van der Waals surface area contributed by atoms with Gasteiger partial charge in [-0.1, -0.05) is 24.3 Å². The third-order valence-electron chi connectivity index (χ3n) is 6.62. The largest absolute Gasteiger partial charge is 0.497 e. The first kappa shape index (κ1) is 32.6. The number of rotatable bonds is 5. The fourth-order valence-electron chi connectivity index (χ4n) is 4.37. The van der Waals surface area contributed by atoms with Gasteiger partial charge in [-0.2, -0.15) is 0 Å². The van der Waals surface area contributed by atoms with Gasteiger partial charge >= 0.3 is 0 Å². The van der Waals surface area contributed by atoms with Gasteiger partial charge in [-0.3, -0.25) is 0 Å². The number of aromatic nitrogens is 2. The van der Waals surface area contributed by atoms with Crippen LogP contribution in [0.2, 0.25) is 0 Å². The number of aryl methyl sites for hydroxylation is 1. The molecule has 11 nitrogen and oxygen atoms in total. The van der Waals surface area contributed by atoms with Crippen molar-refractivity contribution in [3.8, 4) is 17.5 Å². The third-order valence-corrected chi connectivity index (χ3v) is 6.98. The molecule has 0 unspecified atom stereocenters. The monoisotopic (exact) mass is 672 g/mol. The number of anilines is 2. The summed E-state index contributed by atoms with van der Waals surface area (Å²) in [6.45, 7) is 1.94. The van der Waals surface area contributed by atoms with Crippen molar-refractivity contribution in [2.45, 2.75) is 6.92 Å². The molecule has 6 rings (SSSR count). The van der Waals surface area contributed by atoms with Crippen molar-refractivity contribution in [2.75, 3.05) is 17.7 Å². The number of nitrogens with one attached hydrogen (secondary N) is 4. The standard InChI is InChI=1S/C16H13FN4O2S.C16H13FN4OS/c1-23-11-4-2-3-10(8-11)18-16(24)21-20-14-12-7-9(17)5-6-13(12)19-15(14)22;1-9-4-2-3-5-12(9)19-16(23)21-20-14-11-8-10(17)6-7-13(11)18-15(14)22/h2-8,19,22H,1H3,(H,18,24);2-8,18,22H,1H3,(H,19,23). The van der Waals surface area contributed by atoms with Crippen LogP contribution in [0, 0.1) is 18.6 Å². The van der Waals surface area contributed by atoms with Crippen molar-refractivity contribution in [3.05, 3.63) is 102 Å². The number of aromatic amines is 2. The molecule has 47 heavy (non-hydrogen) atoms. The normalized spacial score (nSPS) is 11.1. The molecular formula is C32H26F2N8O3S2. The highest BCUT2D eigenvalue weighted by Crippen LogP contribution is 2.37. The van der Waals surface area contributed by atoms with Gasteiger partial charge in [0.2, 0.25) is 22.0 Å². The highest BCUT2D eigenvalue weighted by molar-refractivity contribution is 7.80. The highest BCUT2D eigenvalue weighted by Gasteiger charge is 2.13. The molecule has 0 amide bonds. The maximum atomic E-state index is 13.4. The minimum absolute atomic E-state index is 0.0911. The summed E-state index contributed by atoms with van der Waals surface area (Å²) >= 11 is 10.2. The Morgan fingerprint density at radius 1 is 0.723 bits per heavy atom. The summed E-state index contributed by atoms with van der Waals surface area (Å²) in [5, 5.41) is 42.3. The molecule has 4 aromatic carbocycles. The molecular weight excluding hydrogens is 647 g/mol. The van der Waals surface area contributed by atoms with Gasteiger partial charge < -0.3 is 35.6 Å². The topological polar surface area (TPSA) is 155 Å². The average Bonchev–Trinajstić information content (AvgIpc) is 3.53. The van der Waals surface area contributed by atoms with Crippen LogP contribution in [0.1, 0.15) is 5.56 Å². The smallest absolute Gasteiger partial charge is 0.218 e. The van der Waals surface area contributed by atoms with E-state index in [0.29, 0.717) is 33.2 Å². The SMILES string of the molecule is COc1cccc(NC(=S)N=Nc2c(O)[nH]c3ccc(F)cc23)c1.Cc1ccccc1NC(=S)N=Nc1c(O)[nH]c2ccc(F)cc12. The summed E-state index contributed by atoms with van der Waals surface area (Å²) in [6, 6.07) is 22.9. The van der Waals surface area contributed by atoms with E-state index in [1.54, 1.807) is 31.4 Å². The molecule has 2 aromatic heterocycles. The molecule has 0 aliphatic carbocycles. The van der Waals surface area contributed by atoms with Gasteiger partial charge in [0.1, 0.15) is 17.4 Å². The summed E-state index contributed by atoms with van der Waals surface area (Å²) in [5.74, 6) is -0.579. The van der Waals surface area contributed by atoms with Crippen LogP contribution < -0.4 is 15.4 Å². The Morgan fingerprint density at radius 2 is 1.28 bits per heavy atom. The van der Waals surface area contributed by atoms with Crippen molar-refractivity contribution in [1.82, 2.24) is 9.97 Å². The minimum Gasteiger partial charge on any atom is -0.497 e. The maximum absolute atomic E-state index is 13.4. The van der Waals surface area contributed by atoms with Crippen molar-refractivity contribution >= 4 is 79.2 Å². The van der Waals surface area contributed by atoms with E-state index in [1.165, 1.54) is 36.4 Å². The Labute approximate surface area is 277 Å². The molecule has 0 fully saturated rings. The Kier molecular flexibility index (Phi) is 10.1. The first-order valence-electron chi connectivity index (χ1n) is 13.8. The van der Waals surface area contributed by atoms with Crippen LogP contribution in [0.15, 0.2) is 105 Å². The summed E-state index contributed by atoms with van der Waals surface area (Å²) in [4.78, 5) is 5.41. The summed E-state index contributed by atoms with van der Waals surface area (Å²) < 4.78 is 31.8. The van der Waals surface area contributed by atoms with E-state index in [9.17, 15) is 19.0 Å². The lowest BCUT2D eigenvalue weighted by molar-refractivity contribution is 0.415. The molecule has 0 bridgehead atoms. The zero-order valence-electron chi connectivity index (χ0n) is 24.7. The van der Waals surface area contributed by atoms with Crippen LogP contribution in [0.25, 0.3) is 21.8 Å². The number of aromatic hydroxyl groups is 2. The Morgan fingerprint density at radius 3 is 1.83 bits per heavy atom. The third kappa shape index (κ3) is 8.08. The molecule has 15 heteroatoms. The first-order valence-corrected chi connectivity index (χ1v) is 14.6. The number of fused-ring (bicyclic) bond motifs is 2. The molecule has 0 spiro atoms. The fourth-order valence-corrected chi connectivity index (χ4v) is 4.68. The molecule has 0 saturated carbocycles. The van der Waals surface area contributed by atoms with Gasteiger partial charge in [0.25, 0.3) is 0 Å². The number of methoxy groups -OCH3 is 1. The number of halogens is 2. The molecule has 0 saturated heterocycles. The molecule has 6 N–H and O–H groups in total. The quantitative estimate of drug-likeness (QED) is 0.0788. The number of hydrogen-bond donors (Lipinski definition) is 6. The van der Waals surface area contributed by atoms with Crippen LogP contribution in [-0.4, -0.2) is 37.5 Å². The van der Waals surface area contributed by atoms with Crippen LogP contribution in [0.3, 0.4) is 0 Å². The minimum atomic E-state index is -0.435. The molecule has 238 valence electrons. The van der Waals surface area contributed by atoms with Gasteiger partial charge in [-0.25, -0.2) is 8.78 Å². The van der Waals surface area contributed by atoms with Gasteiger partial charge in [0.15, 0.2) is 11.4 Å². The zero-order valence-corrected chi connectivity index (χ0v) is 26.4. The zero-order chi connectivity index (χ0) is 33.5. The lowest BCUT2D eigenvalue weighted by atomic mass is 10.2. The molecule has 0 aliphatic rings. The van der Waals surface area contributed by atoms with Crippen molar-refractivity contribution in [1.29, 1.82) is 0 Å². The van der Waals surface area contributed by atoms with E-state index in [-0.39, 0.29) is 33.4 Å². The number of benzene rings is 4. The van der Waals surface area contributed by atoms with Crippen molar-refractivity contribution in [3.63, 3.8) is 0 Å². The van der Waals surface area contributed by atoms with E-state index in [4.69, 9.17) is 29.2 Å². The number of H-pyrrole nitrogens is 2. The average molecular weight is 673 g/mol. The number of nitrogens with zero attached hydrogens (tertiary/aromatic N) is 4. The predicted molar refractivity (Wildman–Crippen MR) is 185 cm³/mol. The molecule has 2 heterocycles. The second kappa shape index (κ2) is 14.5. The highest BCUT2D eigenvalue weighted by atomic mass is 32.1. The Balaban J connectivity index is 0.000000185. The molecule has 0 atom stereocenters. The predicted octanol–water partition coefficient (Wildman–Crippen LogP) is 9.30. The van der Waals surface area contributed by atoms with Crippen LogP contribution in [0.4, 0.5) is 31.5 Å². The first-order chi connectivity index (χ1) is 22.6. The van der Waals surface area contributed by atoms with E-state index < -0.39 is 11.6 Å².